The molecule has 0 bridgehead atoms. The highest BCUT2D eigenvalue weighted by Gasteiger charge is 2.05. The third-order valence-electron chi connectivity index (χ3n) is 2.92. The van der Waals surface area contributed by atoms with Gasteiger partial charge in [-0.15, -0.1) is 0 Å². The molecule has 17 heavy (non-hydrogen) atoms. The summed E-state index contributed by atoms with van der Waals surface area (Å²) in [5, 5.41) is 9.39. The first-order valence-electron chi connectivity index (χ1n) is 5.88. The van der Waals surface area contributed by atoms with Crippen molar-refractivity contribution in [2.45, 2.75) is 25.9 Å². The fourth-order valence-corrected chi connectivity index (χ4v) is 1.88. The van der Waals surface area contributed by atoms with Crippen molar-refractivity contribution in [2.24, 2.45) is 5.73 Å². The fraction of sp³-hybridized carbons (Fsp3) is 0.286. The predicted molar refractivity (Wildman–Crippen MR) is 68.9 cm³/mol. The second kappa shape index (κ2) is 5.06. The molecule has 0 spiro atoms. The number of phenols is 1. The summed E-state index contributed by atoms with van der Waals surface area (Å²) >= 11 is 0. The summed E-state index contributed by atoms with van der Waals surface area (Å²) in [6.07, 6.45) is 5.03. The maximum absolute atomic E-state index is 9.39. The second-order valence-corrected chi connectivity index (χ2v) is 4.30. The number of aromatic hydroxyl groups is 1. The molecule has 1 aromatic carbocycles. The van der Waals surface area contributed by atoms with Crippen molar-refractivity contribution in [1.82, 2.24) is 4.57 Å². The Bertz CT molecular complexity index is 490. The molecule has 3 nitrogen and oxygen atoms in total. The molecule has 0 saturated heterocycles. The minimum Gasteiger partial charge on any atom is -0.508 e. The fourth-order valence-electron chi connectivity index (χ4n) is 1.88. The van der Waals surface area contributed by atoms with E-state index in [9.17, 15) is 5.11 Å². The van der Waals surface area contributed by atoms with Gasteiger partial charge in [0.1, 0.15) is 5.75 Å². The molecule has 0 fully saturated rings. The Morgan fingerprint density at radius 3 is 2.88 bits per heavy atom. The van der Waals surface area contributed by atoms with Crippen molar-refractivity contribution >= 4 is 0 Å². The molecular formula is C14H18N2O. The predicted octanol–water partition coefficient (Wildman–Crippen LogP) is 2.65. The Labute approximate surface area is 102 Å². The number of aromatic nitrogens is 1. The third kappa shape index (κ3) is 2.88. The largest absolute Gasteiger partial charge is 0.508 e. The first-order chi connectivity index (χ1) is 8.19. The van der Waals surface area contributed by atoms with Crippen LogP contribution in [-0.2, 0) is 6.54 Å². The maximum atomic E-state index is 9.39. The van der Waals surface area contributed by atoms with Gasteiger partial charge in [-0.3, -0.25) is 0 Å². The van der Waals surface area contributed by atoms with Gasteiger partial charge in [0, 0.05) is 25.0 Å². The molecule has 1 aromatic heterocycles. The van der Waals surface area contributed by atoms with Crippen molar-refractivity contribution in [3.63, 3.8) is 0 Å². The van der Waals surface area contributed by atoms with Crippen LogP contribution in [0.15, 0.2) is 42.7 Å². The molecule has 0 aliphatic carbocycles. The Morgan fingerprint density at radius 1 is 1.35 bits per heavy atom. The number of phenolic OH excluding ortho intramolecular Hbond substituents is 1. The zero-order chi connectivity index (χ0) is 12.3. The molecule has 0 aliphatic rings. The lowest BCUT2D eigenvalue weighted by Crippen LogP contribution is -2.07. The summed E-state index contributed by atoms with van der Waals surface area (Å²) < 4.78 is 2.08. The maximum Gasteiger partial charge on any atom is 0.115 e. The van der Waals surface area contributed by atoms with E-state index in [1.165, 1.54) is 0 Å². The van der Waals surface area contributed by atoms with Crippen LogP contribution in [-0.4, -0.2) is 9.67 Å². The van der Waals surface area contributed by atoms with E-state index in [-0.39, 0.29) is 6.04 Å². The van der Waals surface area contributed by atoms with E-state index in [0.29, 0.717) is 5.75 Å². The molecule has 1 atom stereocenters. The van der Waals surface area contributed by atoms with Crippen LogP contribution in [0.5, 0.6) is 5.75 Å². The summed E-state index contributed by atoms with van der Waals surface area (Å²) in [5.41, 5.74) is 8.21. The Balaban J connectivity index is 2.11. The van der Waals surface area contributed by atoms with Gasteiger partial charge in [-0.1, -0.05) is 19.1 Å². The van der Waals surface area contributed by atoms with Crippen LogP contribution in [0.3, 0.4) is 0 Å². The molecule has 0 amide bonds. The van der Waals surface area contributed by atoms with Crippen molar-refractivity contribution in [3.05, 3.63) is 53.9 Å². The van der Waals surface area contributed by atoms with Gasteiger partial charge < -0.3 is 15.4 Å². The smallest absolute Gasteiger partial charge is 0.115 e. The normalized spacial score (nSPS) is 12.6. The van der Waals surface area contributed by atoms with E-state index in [4.69, 9.17) is 5.73 Å². The zero-order valence-electron chi connectivity index (χ0n) is 10.0. The molecule has 3 heteroatoms. The van der Waals surface area contributed by atoms with Gasteiger partial charge in [0.25, 0.3) is 0 Å². The number of hydrogen-bond acceptors (Lipinski definition) is 2. The Kier molecular flexibility index (Phi) is 3.49. The lowest BCUT2D eigenvalue weighted by Gasteiger charge is -2.06. The average molecular weight is 230 g/mol. The van der Waals surface area contributed by atoms with E-state index in [0.717, 1.165) is 24.1 Å². The van der Waals surface area contributed by atoms with Gasteiger partial charge in [0.15, 0.2) is 0 Å². The topological polar surface area (TPSA) is 51.2 Å². The number of nitrogens with zero attached hydrogens (tertiary/aromatic N) is 1. The zero-order valence-corrected chi connectivity index (χ0v) is 10.0. The molecule has 1 unspecified atom stereocenters. The highest BCUT2D eigenvalue weighted by Crippen LogP contribution is 2.16. The van der Waals surface area contributed by atoms with Gasteiger partial charge in [-0.2, -0.15) is 0 Å². The molecule has 1 heterocycles. The van der Waals surface area contributed by atoms with Crippen LogP contribution in [0.2, 0.25) is 0 Å². The number of nitrogens with two attached hydrogens (primary N) is 1. The number of rotatable bonds is 4. The molecular weight excluding hydrogens is 212 g/mol. The summed E-state index contributed by atoms with van der Waals surface area (Å²) in [5.74, 6) is 0.306. The van der Waals surface area contributed by atoms with Crippen LogP contribution < -0.4 is 5.73 Å². The number of hydrogen-bond donors (Lipinski definition) is 2. The first-order valence-corrected chi connectivity index (χ1v) is 5.88. The highest BCUT2D eigenvalue weighted by atomic mass is 16.3. The minimum absolute atomic E-state index is 0.112. The minimum atomic E-state index is 0.112. The quantitative estimate of drug-likeness (QED) is 0.848. The second-order valence-electron chi connectivity index (χ2n) is 4.30. The van der Waals surface area contributed by atoms with Crippen LogP contribution in [0.25, 0.3) is 0 Å². The van der Waals surface area contributed by atoms with Crippen molar-refractivity contribution in [1.29, 1.82) is 0 Å². The first kappa shape index (κ1) is 11.7. The van der Waals surface area contributed by atoms with Crippen molar-refractivity contribution in [3.8, 4) is 5.75 Å². The Morgan fingerprint density at radius 2 is 2.18 bits per heavy atom. The van der Waals surface area contributed by atoms with Gasteiger partial charge in [0.2, 0.25) is 0 Å². The highest BCUT2D eigenvalue weighted by molar-refractivity contribution is 5.27. The molecule has 90 valence electrons. The molecule has 2 aromatic rings. The summed E-state index contributed by atoms with van der Waals surface area (Å²) in [7, 11) is 0. The molecule has 0 saturated carbocycles. The van der Waals surface area contributed by atoms with E-state index in [1.807, 2.05) is 18.3 Å². The van der Waals surface area contributed by atoms with Crippen LogP contribution in [0, 0.1) is 0 Å². The summed E-state index contributed by atoms with van der Waals surface area (Å²) in [4.78, 5) is 0. The standard InChI is InChI=1S/C14H18N2O/c1-2-14(15)12-6-7-16(10-12)9-11-4-3-5-13(17)8-11/h3-8,10,14,17H,2,9,15H2,1H3. The summed E-state index contributed by atoms with van der Waals surface area (Å²) in [6, 6.07) is 9.47. The van der Waals surface area contributed by atoms with Crippen molar-refractivity contribution in [2.75, 3.05) is 0 Å². The van der Waals surface area contributed by atoms with Crippen LogP contribution in [0.4, 0.5) is 0 Å². The van der Waals surface area contributed by atoms with E-state index >= 15 is 0 Å². The van der Waals surface area contributed by atoms with Gasteiger partial charge >= 0.3 is 0 Å². The van der Waals surface area contributed by atoms with Gasteiger partial charge in [-0.05, 0) is 35.7 Å². The van der Waals surface area contributed by atoms with Crippen LogP contribution in [0.1, 0.15) is 30.5 Å². The van der Waals surface area contributed by atoms with E-state index in [1.54, 1.807) is 12.1 Å². The molecule has 3 N–H and O–H groups in total. The third-order valence-corrected chi connectivity index (χ3v) is 2.92. The lowest BCUT2D eigenvalue weighted by molar-refractivity contribution is 0.474. The van der Waals surface area contributed by atoms with Crippen molar-refractivity contribution < 1.29 is 5.11 Å². The monoisotopic (exact) mass is 230 g/mol. The van der Waals surface area contributed by atoms with Gasteiger partial charge in [-0.25, -0.2) is 0 Å². The Hall–Kier alpha value is -1.74. The van der Waals surface area contributed by atoms with Crippen LogP contribution >= 0.6 is 0 Å². The molecule has 0 radical (unpaired) electrons. The number of benzene rings is 1. The van der Waals surface area contributed by atoms with E-state index in [2.05, 4.69) is 23.8 Å². The van der Waals surface area contributed by atoms with Gasteiger partial charge in [0.05, 0.1) is 0 Å². The molecule has 0 aliphatic heterocycles. The average Bonchev–Trinajstić information content (AvgIpc) is 2.76. The molecule has 2 rings (SSSR count). The lowest BCUT2D eigenvalue weighted by atomic mass is 10.1. The van der Waals surface area contributed by atoms with E-state index < -0.39 is 0 Å². The summed E-state index contributed by atoms with van der Waals surface area (Å²) in [6.45, 7) is 2.84. The SMILES string of the molecule is CCC(N)c1ccn(Cc2cccc(O)c2)c1.